The third-order valence-corrected chi connectivity index (χ3v) is 7.14. The fourth-order valence-corrected chi connectivity index (χ4v) is 5.54. The van der Waals surface area contributed by atoms with E-state index in [9.17, 15) is 18.8 Å². The lowest BCUT2D eigenvalue weighted by Gasteiger charge is -2.34. The Balaban J connectivity index is 1.67. The fourth-order valence-electron chi connectivity index (χ4n) is 5.54. The molecule has 0 aliphatic carbocycles. The van der Waals surface area contributed by atoms with Crippen molar-refractivity contribution in [1.29, 1.82) is 0 Å². The first-order valence-corrected chi connectivity index (χ1v) is 12.0. The molecule has 0 fully saturated rings. The lowest BCUT2D eigenvalue weighted by atomic mass is 9.83. The molecule has 1 atom stereocenters. The van der Waals surface area contributed by atoms with E-state index in [1.807, 2.05) is 19.1 Å². The first-order chi connectivity index (χ1) is 17.9. The summed E-state index contributed by atoms with van der Waals surface area (Å²) < 4.78 is 25.4. The first kappa shape index (κ1) is 23.0. The van der Waals surface area contributed by atoms with E-state index >= 15 is 0 Å². The van der Waals surface area contributed by atoms with Crippen LogP contribution >= 0.6 is 0 Å². The number of amides is 2. The fraction of sp³-hybridized carbons (Fsp3) is 0.207. The Morgan fingerprint density at radius 1 is 1.00 bits per heavy atom. The van der Waals surface area contributed by atoms with E-state index < -0.39 is 28.6 Å². The Kier molecular flexibility index (Phi) is 5.15. The standard InChI is InChI=1S/C29H23FN2O5/c1-3-14-31-22-7-5-4-6-21(22)29(28(31)35)24-25(33)20-15-18(30)10-13-23(20)37-26(24)27(34)32(29)16-17-8-11-19(36-2)12-9-17/h4-13,15H,3,14,16H2,1-2H3. The number of carbonyl (C=O) groups excluding carboxylic acids is 2. The van der Waals surface area contributed by atoms with Crippen molar-refractivity contribution >= 4 is 28.5 Å². The molecule has 7 nitrogen and oxygen atoms in total. The summed E-state index contributed by atoms with van der Waals surface area (Å²) in [5, 5.41) is -0.0172. The molecule has 4 aromatic rings. The zero-order chi connectivity index (χ0) is 25.9. The molecule has 6 rings (SSSR count). The number of methoxy groups -OCH3 is 1. The van der Waals surface area contributed by atoms with Gasteiger partial charge in [-0.1, -0.05) is 37.3 Å². The topological polar surface area (TPSA) is 80.1 Å². The number of fused-ring (bicyclic) bond motifs is 5. The van der Waals surface area contributed by atoms with Crippen molar-refractivity contribution in [3.05, 3.63) is 105 Å². The summed E-state index contributed by atoms with van der Waals surface area (Å²) in [5.41, 5.74) is -0.416. The van der Waals surface area contributed by atoms with Gasteiger partial charge in [-0.3, -0.25) is 14.4 Å². The number of hydrogen-bond acceptors (Lipinski definition) is 5. The Morgan fingerprint density at radius 3 is 2.49 bits per heavy atom. The molecule has 0 N–H and O–H groups in total. The highest BCUT2D eigenvalue weighted by Gasteiger charge is 2.64. The van der Waals surface area contributed by atoms with Crippen LogP contribution in [0.1, 0.15) is 40.6 Å². The highest BCUT2D eigenvalue weighted by Crippen LogP contribution is 2.53. The van der Waals surface area contributed by atoms with Crippen LogP contribution in [0.4, 0.5) is 10.1 Å². The monoisotopic (exact) mass is 498 g/mol. The number of carbonyl (C=O) groups is 2. The molecular formula is C29H23FN2O5. The number of benzene rings is 3. The molecule has 0 bridgehead atoms. The van der Waals surface area contributed by atoms with E-state index in [2.05, 4.69) is 0 Å². The summed E-state index contributed by atoms with van der Waals surface area (Å²) in [5.74, 6) is -1.14. The highest BCUT2D eigenvalue weighted by molar-refractivity contribution is 6.17. The van der Waals surface area contributed by atoms with E-state index in [0.29, 0.717) is 30.0 Å². The average Bonchev–Trinajstić information content (AvgIpc) is 3.30. The molecule has 2 amide bonds. The SMILES string of the molecule is CCCN1C(=O)C2(c3ccccc31)c1c(oc3ccc(F)cc3c1=O)C(=O)N2Cc1ccc(OC)cc1. The molecule has 0 saturated heterocycles. The maximum absolute atomic E-state index is 14.4. The second kappa shape index (κ2) is 8.30. The van der Waals surface area contributed by atoms with E-state index in [1.54, 1.807) is 48.4 Å². The molecule has 1 spiro atoms. The van der Waals surface area contributed by atoms with Crippen LogP contribution in [0.25, 0.3) is 11.0 Å². The van der Waals surface area contributed by atoms with Crippen molar-refractivity contribution in [1.82, 2.24) is 4.90 Å². The van der Waals surface area contributed by atoms with Crippen molar-refractivity contribution < 1.29 is 23.1 Å². The molecule has 2 aliphatic heterocycles. The van der Waals surface area contributed by atoms with Crippen LogP contribution < -0.4 is 15.1 Å². The van der Waals surface area contributed by atoms with Gasteiger partial charge in [0, 0.05) is 18.7 Å². The Bertz CT molecular complexity index is 1640. The van der Waals surface area contributed by atoms with E-state index in [1.165, 1.54) is 17.0 Å². The van der Waals surface area contributed by atoms with Crippen molar-refractivity contribution in [2.45, 2.75) is 25.4 Å². The van der Waals surface area contributed by atoms with Crippen molar-refractivity contribution in [2.24, 2.45) is 0 Å². The number of ether oxygens (including phenoxy) is 1. The number of rotatable bonds is 5. The molecule has 0 radical (unpaired) electrons. The average molecular weight is 499 g/mol. The van der Waals surface area contributed by atoms with Crippen LogP contribution in [-0.4, -0.2) is 30.4 Å². The molecule has 3 aromatic carbocycles. The van der Waals surface area contributed by atoms with Gasteiger partial charge in [-0.2, -0.15) is 0 Å². The number of halogens is 1. The third-order valence-electron chi connectivity index (χ3n) is 7.14. The molecule has 0 saturated carbocycles. The van der Waals surface area contributed by atoms with Gasteiger partial charge < -0.3 is 19.0 Å². The summed E-state index contributed by atoms with van der Waals surface area (Å²) in [6.07, 6.45) is 0.674. The predicted octanol–water partition coefficient (Wildman–Crippen LogP) is 4.60. The van der Waals surface area contributed by atoms with Gasteiger partial charge in [0.1, 0.15) is 17.1 Å². The van der Waals surface area contributed by atoms with Gasteiger partial charge in [-0.25, -0.2) is 4.39 Å². The molecular weight excluding hydrogens is 475 g/mol. The molecule has 2 aliphatic rings. The predicted molar refractivity (Wildman–Crippen MR) is 135 cm³/mol. The summed E-state index contributed by atoms with van der Waals surface area (Å²) in [6, 6.07) is 17.9. The van der Waals surface area contributed by atoms with Crippen LogP contribution in [0.5, 0.6) is 5.75 Å². The van der Waals surface area contributed by atoms with Gasteiger partial charge in [0.2, 0.25) is 5.76 Å². The van der Waals surface area contributed by atoms with Crippen LogP contribution in [0.3, 0.4) is 0 Å². The number of para-hydroxylation sites is 1. The highest BCUT2D eigenvalue weighted by atomic mass is 19.1. The lowest BCUT2D eigenvalue weighted by Crippen LogP contribution is -2.53. The quantitative estimate of drug-likeness (QED) is 0.402. The maximum Gasteiger partial charge on any atom is 0.291 e. The minimum atomic E-state index is -1.74. The van der Waals surface area contributed by atoms with Crippen LogP contribution in [-0.2, 0) is 16.9 Å². The maximum atomic E-state index is 14.4. The largest absolute Gasteiger partial charge is 0.497 e. The number of hydrogen-bond donors (Lipinski definition) is 0. The first-order valence-electron chi connectivity index (χ1n) is 12.0. The second-order valence-corrected chi connectivity index (χ2v) is 9.20. The molecule has 1 unspecified atom stereocenters. The number of anilines is 1. The van der Waals surface area contributed by atoms with Crippen LogP contribution in [0, 0.1) is 5.82 Å². The van der Waals surface area contributed by atoms with Gasteiger partial charge in [0.05, 0.1) is 23.7 Å². The Hall–Kier alpha value is -4.46. The smallest absolute Gasteiger partial charge is 0.291 e. The van der Waals surface area contributed by atoms with Gasteiger partial charge in [0.25, 0.3) is 11.8 Å². The summed E-state index contributed by atoms with van der Waals surface area (Å²) in [6.45, 7) is 2.40. The summed E-state index contributed by atoms with van der Waals surface area (Å²) in [4.78, 5) is 45.4. The van der Waals surface area contributed by atoms with Gasteiger partial charge in [0.15, 0.2) is 11.0 Å². The zero-order valence-electron chi connectivity index (χ0n) is 20.3. The van der Waals surface area contributed by atoms with E-state index in [4.69, 9.17) is 9.15 Å². The van der Waals surface area contributed by atoms with Gasteiger partial charge >= 0.3 is 0 Å². The lowest BCUT2D eigenvalue weighted by molar-refractivity contribution is -0.126. The van der Waals surface area contributed by atoms with E-state index in [-0.39, 0.29) is 28.8 Å². The van der Waals surface area contributed by atoms with Crippen molar-refractivity contribution in [2.75, 3.05) is 18.6 Å². The Labute approximate surface area is 211 Å². The molecule has 1 aromatic heterocycles. The van der Waals surface area contributed by atoms with E-state index in [0.717, 1.165) is 11.6 Å². The number of nitrogens with zero attached hydrogens (tertiary/aromatic N) is 2. The van der Waals surface area contributed by atoms with Crippen LogP contribution in [0.2, 0.25) is 0 Å². The van der Waals surface area contributed by atoms with Crippen molar-refractivity contribution in [3.63, 3.8) is 0 Å². The summed E-state index contributed by atoms with van der Waals surface area (Å²) in [7, 11) is 1.56. The second-order valence-electron chi connectivity index (χ2n) is 9.20. The Morgan fingerprint density at radius 2 is 1.76 bits per heavy atom. The van der Waals surface area contributed by atoms with Crippen molar-refractivity contribution in [3.8, 4) is 5.75 Å². The zero-order valence-corrected chi connectivity index (χ0v) is 20.3. The molecule has 37 heavy (non-hydrogen) atoms. The third kappa shape index (κ3) is 3.08. The molecule has 3 heterocycles. The minimum Gasteiger partial charge on any atom is -0.497 e. The van der Waals surface area contributed by atoms with Gasteiger partial charge in [-0.05, 0) is 48.4 Å². The van der Waals surface area contributed by atoms with Crippen LogP contribution in [0.15, 0.2) is 75.9 Å². The normalized spacial score (nSPS) is 18.1. The minimum absolute atomic E-state index is 0.0172. The summed E-state index contributed by atoms with van der Waals surface area (Å²) >= 11 is 0. The molecule has 8 heteroatoms. The van der Waals surface area contributed by atoms with Gasteiger partial charge in [-0.15, -0.1) is 0 Å². The molecule has 186 valence electrons.